The maximum atomic E-state index is 13.2. The maximum Gasteiger partial charge on any atom is 0.270 e. The standard InChI is InChI=1S/C19H20FN5O2S/c20-13-3-5-14(6-4-13)25-16(17(21)26)10-15(23-25)19(27)24-8-1-2-12(11-24)18-22-7-9-28-18/h3-7,9,12,16H,1-2,8,10-11H2,(H2,21,26). The van der Waals surface area contributed by atoms with Crippen molar-refractivity contribution in [1.29, 1.82) is 0 Å². The van der Waals surface area contributed by atoms with Gasteiger partial charge >= 0.3 is 0 Å². The Balaban J connectivity index is 1.54. The average Bonchev–Trinajstić information content (AvgIpc) is 3.38. The van der Waals surface area contributed by atoms with Crippen molar-refractivity contribution in [2.75, 3.05) is 18.1 Å². The fraction of sp³-hybridized carbons (Fsp3) is 0.368. The molecule has 9 heteroatoms. The SMILES string of the molecule is NC(=O)C1CC(C(=O)N2CCCC(c3nccs3)C2)=NN1c1ccc(F)cc1. The number of amides is 2. The summed E-state index contributed by atoms with van der Waals surface area (Å²) in [6, 6.07) is 4.84. The second kappa shape index (κ2) is 7.67. The summed E-state index contributed by atoms with van der Waals surface area (Å²) in [7, 11) is 0. The molecule has 2 amide bonds. The molecule has 1 aromatic heterocycles. The number of nitrogens with zero attached hydrogens (tertiary/aromatic N) is 4. The Morgan fingerprint density at radius 2 is 2.04 bits per heavy atom. The van der Waals surface area contributed by atoms with Gasteiger partial charge in [-0.15, -0.1) is 11.3 Å². The first kappa shape index (κ1) is 18.5. The summed E-state index contributed by atoms with van der Waals surface area (Å²) in [5.74, 6) is -0.924. The van der Waals surface area contributed by atoms with Crippen molar-refractivity contribution in [2.24, 2.45) is 10.8 Å². The average molecular weight is 401 g/mol. The van der Waals surface area contributed by atoms with Gasteiger partial charge in [-0.3, -0.25) is 14.6 Å². The first-order chi connectivity index (χ1) is 13.5. The highest BCUT2D eigenvalue weighted by Gasteiger charge is 2.37. The molecule has 2 aliphatic heterocycles. The second-order valence-electron chi connectivity index (χ2n) is 6.95. The van der Waals surface area contributed by atoms with Gasteiger partial charge in [-0.2, -0.15) is 5.10 Å². The van der Waals surface area contributed by atoms with E-state index in [-0.39, 0.29) is 24.1 Å². The minimum absolute atomic E-state index is 0.143. The molecule has 0 radical (unpaired) electrons. The van der Waals surface area contributed by atoms with Crippen molar-refractivity contribution in [2.45, 2.75) is 31.2 Å². The summed E-state index contributed by atoms with van der Waals surface area (Å²) in [6.45, 7) is 1.24. The summed E-state index contributed by atoms with van der Waals surface area (Å²) >= 11 is 1.60. The number of halogens is 1. The number of carbonyl (C=O) groups excluding carboxylic acids is 2. The zero-order valence-electron chi connectivity index (χ0n) is 15.1. The number of piperidine rings is 1. The third kappa shape index (κ3) is 3.62. The van der Waals surface area contributed by atoms with Gasteiger partial charge in [0.1, 0.15) is 17.6 Å². The molecule has 3 heterocycles. The van der Waals surface area contributed by atoms with Gasteiger partial charge in [-0.05, 0) is 37.1 Å². The van der Waals surface area contributed by atoms with Gasteiger partial charge in [0.15, 0.2) is 0 Å². The Hall–Kier alpha value is -2.81. The highest BCUT2D eigenvalue weighted by Crippen LogP contribution is 2.30. The molecular formula is C19H20FN5O2S. The lowest BCUT2D eigenvalue weighted by Crippen LogP contribution is -2.43. The summed E-state index contributed by atoms with van der Waals surface area (Å²) in [4.78, 5) is 31.1. The van der Waals surface area contributed by atoms with E-state index in [2.05, 4.69) is 10.1 Å². The van der Waals surface area contributed by atoms with Crippen LogP contribution in [0.3, 0.4) is 0 Å². The first-order valence-corrected chi connectivity index (χ1v) is 10.0. The van der Waals surface area contributed by atoms with E-state index in [1.807, 2.05) is 5.38 Å². The molecule has 0 bridgehead atoms. The van der Waals surface area contributed by atoms with Crippen LogP contribution in [0.5, 0.6) is 0 Å². The fourth-order valence-corrected chi connectivity index (χ4v) is 4.44. The number of benzene rings is 1. The summed E-state index contributed by atoms with van der Waals surface area (Å²) in [5.41, 5.74) is 6.34. The van der Waals surface area contributed by atoms with Crippen LogP contribution in [0, 0.1) is 5.82 Å². The normalized spacial score (nSPS) is 22.2. The molecule has 2 aliphatic rings. The van der Waals surface area contributed by atoms with Crippen LogP contribution in [0.1, 0.15) is 30.2 Å². The second-order valence-corrected chi connectivity index (χ2v) is 7.88. The number of hydrogen-bond acceptors (Lipinski definition) is 6. The Morgan fingerprint density at radius 3 is 2.71 bits per heavy atom. The van der Waals surface area contributed by atoms with Crippen LogP contribution < -0.4 is 10.7 Å². The van der Waals surface area contributed by atoms with Crippen molar-refractivity contribution in [1.82, 2.24) is 9.88 Å². The fourth-order valence-electron chi connectivity index (χ4n) is 3.67. The molecule has 4 rings (SSSR count). The van der Waals surface area contributed by atoms with Crippen molar-refractivity contribution >= 4 is 34.6 Å². The van der Waals surface area contributed by atoms with Crippen LogP contribution in [0.15, 0.2) is 40.9 Å². The van der Waals surface area contributed by atoms with Gasteiger partial charge < -0.3 is 10.6 Å². The molecule has 1 aromatic carbocycles. The molecule has 2 aromatic rings. The van der Waals surface area contributed by atoms with Gasteiger partial charge in [0.2, 0.25) is 5.91 Å². The summed E-state index contributed by atoms with van der Waals surface area (Å²) in [6.07, 6.45) is 3.81. The monoisotopic (exact) mass is 401 g/mol. The molecule has 1 fully saturated rings. The Labute approximate surface area is 165 Å². The zero-order valence-corrected chi connectivity index (χ0v) is 15.9. The molecule has 2 atom stereocenters. The molecule has 7 nitrogen and oxygen atoms in total. The number of aromatic nitrogens is 1. The lowest BCUT2D eigenvalue weighted by atomic mass is 9.98. The lowest BCUT2D eigenvalue weighted by Gasteiger charge is -2.31. The maximum absolute atomic E-state index is 13.2. The number of hydrogen-bond donors (Lipinski definition) is 1. The topological polar surface area (TPSA) is 91.9 Å². The zero-order chi connectivity index (χ0) is 19.7. The van der Waals surface area contributed by atoms with Crippen LogP contribution in [-0.2, 0) is 9.59 Å². The lowest BCUT2D eigenvalue weighted by molar-refractivity contribution is -0.125. The van der Waals surface area contributed by atoms with Gasteiger partial charge in [-0.1, -0.05) is 0 Å². The van der Waals surface area contributed by atoms with E-state index < -0.39 is 11.9 Å². The number of likely N-dealkylation sites (tertiary alicyclic amines) is 1. The van der Waals surface area contributed by atoms with Crippen molar-refractivity contribution in [3.63, 3.8) is 0 Å². The van der Waals surface area contributed by atoms with Gasteiger partial charge in [0.25, 0.3) is 5.91 Å². The molecule has 0 saturated carbocycles. The van der Waals surface area contributed by atoms with Crippen LogP contribution in [-0.4, -0.2) is 46.5 Å². The number of nitrogens with two attached hydrogens (primary N) is 1. The third-order valence-electron chi connectivity index (χ3n) is 5.09. The molecule has 0 aliphatic carbocycles. The van der Waals surface area contributed by atoms with Crippen molar-refractivity contribution < 1.29 is 14.0 Å². The highest BCUT2D eigenvalue weighted by molar-refractivity contribution is 7.09. The molecule has 1 saturated heterocycles. The van der Waals surface area contributed by atoms with E-state index in [1.54, 1.807) is 22.4 Å². The highest BCUT2D eigenvalue weighted by atomic mass is 32.1. The van der Waals surface area contributed by atoms with Gasteiger partial charge in [-0.25, -0.2) is 9.37 Å². The van der Waals surface area contributed by atoms with E-state index in [0.29, 0.717) is 24.5 Å². The Bertz CT molecular complexity index is 900. The van der Waals surface area contributed by atoms with Crippen molar-refractivity contribution in [3.05, 3.63) is 46.7 Å². The molecule has 2 N–H and O–H groups in total. The third-order valence-corrected chi connectivity index (χ3v) is 6.02. The summed E-state index contributed by atoms with van der Waals surface area (Å²) < 4.78 is 13.2. The molecule has 28 heavy (non-hydrogen) atoms. The molecular weight excluding hydrogens is 381 g/mol. The van der Waals surface area contributed by atoms with Crippen molar-refractivity contribution in [3.8, 4) is 0 Å². The molecule has 0 spiro atoms. The van der Waals surface area contributed by atoms with Crippen LogP contribution >= 0.6 is 11.3 Å². The number of hydrazone groups is 1. The smallest absolute Gasteiger partial charge is 0.270 e. The van der Waals surface area contributed by atoms with E-state index >= 15 is 0 Å². The van der Waals surface area contributed by atoms with E-state index in [0.717, 1.165) is 17.8 Å². The number of rotatable bonds is 4. The van der Waals surface area contributed by atoms with Gasteiger partial charge in [0.05, 0.1) is 10.7 Å². The van der Waals surface area contributed by atoms with Crippen LogP contribution in [0.2, 0.25) is 0 Å². The van der Waals surface area contributed by atoms with Gasteiger partial charge in [0, 0.05) is 37.0 Å². The van der Waals surface area contributed by atoms with Crippen LogP contribution in [0.25, 0.3) is 0 Å². The first-order valence-electron chi connectivity index (χ1n) is 9.13. The predicted molar refractivity (Wildman–Crippen MR) is 105 cm³/mol. The molecule has 2 unspecified atom stereocenters. The van der Waals surface area contributed by atoms with E-state index in [1.165, 1.54) is 29.3 Å². The largest absolute Gasteiger partial charge is 0.368 e. The van der Waals surface area contributed by atoms with E-state index in [4.69, 9.17) is 5.73 Å². The van der Waals surface area contributed by atoms with E-state index in [9.17, 15) is 14.0 Å². The quantitative estimate of drug-likeness (QED) is 0.849. The Morgan fingerprint density at radius 1 is 1.25 bits per heavy atom. The number of thiazole rings is 1. The molecule has 146 valence electrons. The number of anilines is 1. The Kier molecular flexibility index (Phi) is 5.08. The number of primary amides is 1. The van der Waals surface area contributed by atoms with Crippen LogP contribution in [0.4, 0.5) is 10.1 Å². The predicted octanol–water partition coefficient (Wildman–Crippen LogP) is 2.11. The minimum atomic E-state index is -0.760. The minimum Gasteiger partial charge on any atom is -0.368 e. The number of carbonyl (C=O) groups is 2. The summed E-state index contributed by atoms with van der Waals surface area (Å²) in [5, 5.41) is 8.77.